The van der Waals surface area contributed by atoms with E-state index in [1.807, 2.05) is 84.2 Å². The molecule has 1 heterocycles. The third-order valence-electron chi connectivity index (χ3n) is 19.0. The number of hydrogen-bond acceptors (Lipinski definition) is 19. The number of nitrogens with zero attached hydrogens (tertiary/aromatic N) is 4. The van der Waals surface area contributed by atoms with E-state index in [-0.39, 0.29) is 155 Å². The van der Waals surface area contributed by atoms with Gasteiger partial charge in [0.05, 0.1) is 46.4 Å². The number of rotatable bonds is 43. The SMILES string of the molecule is COc1ccc(CCCC(=O)NCC(=O)N[C@@H](CCCCNC(=O)CN2CCN(CC(=O)O)CCN(CC(=O)O)CCN(CC(=O)O)CC2)C(=O)NCC(=O)NCC2CCC(C(=O)N[C@@H](Cc3c4ccccc4cc4ccccc34)C(=O)NCCCC[C@H](NC(=O)N[C@@H](C[C@@H](F)C(=O)O)C(=O)O)C(=O)O)CC2)cc1. The van der Waals surface area contributed by atoms with E-state index >= 15 is 0 Å². The maximum Gasteiger partial charge on any atom is 0.338 e. The van der Waals surface area contributed by atoms with Gasteiger partial charge in [-0.1, -0.05) is 60.7 Å². The number of methoxy groups -OCH3 is 1. The molecule has 34 nitrogen and oxygen atoms in total. The van der Waals surface area contributed by atoms with Crippen molar-refractivity contribution in [2.75, 3.05) is 118 Å². The minimum atomic E-state index is -2.62. The molecular weight excluding hydrogens is 1430 g/mol. The van der Waals surface area contributed by atoms with E-state index in [2.05, 4.69) is 42.5 Å². The zero-order chi connectivity index (χ0) is 79.4. The fraction of sp³-hybridized carbons (Fsp3) is 0.541. The fourth-order valence-corrected chi connectivity index (χ4v) is 13.0. The van der Waals surface area contributed by atoms with Gasteiger partial charge in [-0.15, -0.1) is 0 Å². The number of alkyl halides is 1. The van der Waals surface area contributed by atoms with Crippen molar-refractivity contribution in [2.45, 2.75) is 127 Å². The van der Waals surface area contributed by atoms with Crippen LogP contribution in [0.15, 0.2) is 78.9 Å². The lowest BCUT2D eigenvalue weighted by Crippen LogP contribution is -2.52. The van der Waals surface area contributed by atoms with Gasteiger partial charge in [-0.05, 0) is 134 Å². The summed E-state index contributed by atoms with van der Waals surface area (Å²) < 4.78 is 19.0. The van der Waals surface area contributed by atoms with Crippen molar-refractivity contribution in [1.29, 1.82) is 0 Å². The van der Waals surface area contributed by atoms with Crippen LogP contribution in [0.2, 0.25) is 0 Å². The highest BCUT2D eigenvalue weighted by molar-refractivity contribution is 6.03. The number of ether oxygens (including phenoxy) is 1. The summed E-state index contributed by atoms with van der Waals surface area (Å²) in [6.45, 7) is -0.0180. The minimum absolute atomic E-state index is 0.0119. The van der Waals surface area contributed by atoms with Gasteiger partial charge >= 0.3 is 41.8 Å². The van der Waals surface area contributed by atoms with E-state index in [0.29, 0.717) is 50.7 Å². The highest BCUT2D eigenvalue weighted by atomic mass is 19.1. The summed E-state index contributed by atoms with van der Waals surface area (Å²) in [7, 11) is 1.56. The Morgan fingerprint density at radius 2 is 0.972 bits per heavy atom. The largest absolute Gasteiger partial charge is 0.497 e. The predicted octanol–water partition coefficient (Wildman–Crippen LogP) is 0.758. The molecule has 0 unspecified atom stereocenters. The first-order chi connectivity index (χ1) is 52.1. The fourth-order valence-electron chi connectivity index (χ4n) is 13.0. The molecule has 9 amide bonds. The molecule has 4 aromatic rings. The molecule has 35 heteroatoms. The highest BCUT2D eigenvalue weighted by Crippen LogP contribution is 2.32. The summed E-state index contributed by atoms with van der Waals surface area (Å²) in [5.74, 6) is -11.9. The number of nitrogens with one attached hydrogen (secondary N) is 9. The third-order valence-corrected chi connectivity index (χ3v) is 19.0. The smallest absolute Gasteiger partial charge is 0.338 e. The summed E-state index contributed by atoms with van der Waals surface area (Å²) in [5.41, 5.74) is 1.79. The molecule has 1 saturated carbocycles. The molecule has 109 heavy (non-hydrogen) atoms. The third kappa shape index (κ3) is 32.0. The summed E-state index contributed by atoms with van der Waals surface area (Å²) in [4.78, 5) is 184. The van der Waals surface area contributed by atoms with Gasteiger partial charge in [-0.3, -0.25) is 67.5 Å². The monoisotopic (exact) mass is 1530 g/mol. The lowest BCUT2D eigenvalue weighted by atomic mass is 9.81. The second kappa shape index (κ2) is 45.9. The van der Waals surface area contributed by atoms with Crippen LogP contribution in [0.4, 0.5) is 9.18 Å². The lowest BCUT2D eigenvalue weighted by molar-refractivity contribution is -0.145. The van der Waals surface area contributed by atoms with E-state index in [1.54, 1.807) is 26.7 Å². The Labute approximate surface area is 629 Å². The zero-order valence-electron chi connectivity index (χ0n) is 61.1. The first-order valence-corrected chi connectivity index (χ1v) is 36.5. The molecule has 1 aliphatic carbocycles. The Morgan fingerprint density at radius 3 is 1.50 bits per heavy atom. The zero-order valence-corrected chi connectivity index (χ0v) is 61.1. The van der Waals surface area contributed by atoms with Crippen LogP contribution < -0.4 is 52.6 Å². The van der Waals surface area contributed by atoms with E-state index < -0.39 is 133 Å². The van der Waals surface area contributed by atoms with Crippen LogP contribution in [0.25, 0.3) is 21.5 Å². The predicted molar refractivity (Wildman–Crippen MR) is 393 cm³/mol. The molecular formula is C74H102FN13O21. The summed E-state index contributed by atoms with van der Waals surface area (Å²) in [6.07, 6.45) is 0.152. The summed E-state index contributed by atoms with van der Waals surface area (Å²) in [5, 5.41) is 83.7. The van der Waals surface area contributed by atoms with Crippen LogP contribution in [-0.4, -0.2) is 282 Å². The minimum Gasteiger partial charge on any atom is -0.497 e. The van der Waals surface area contributed by atoms with Crippen LogP contribution in [0.1, 0.15) is 94.6 Å². The Balaban J connectivity index is 1.01. The summed E-state index contributed by atoms with van der Waals surface area (Å²) in [6, 6.07) is 17.6. The number of carbonyl (C=O) groups is 14. The molecule has 0 bridgehead atoms. The van der Waals surface area contributed by atoms with E-state index in [4.69, 9.17) is 9.84 Å². The molecule has 2 aliphatic rings. The van der Waals surface area contributed by atoms with Crippen LogP contribution >= 0.6 is 0 Å². The number of urea groups is 1. The van der Waals surface area contributed by atoms with Gasteiger partial charge in [0.25, 0.3) is 0 Å². The second-order valence-electron chi connectivity index (χ2n) is 27.3. The molecule has 15 N–H and O–H groups in total. The maximum absolute atomic E-state index is 14.3. The van der Waals surface area contributed by atoms with Crippen molar-refractivity contribution in [3.05, 3.63) is 90.0 Å². The average molecular weight is 1530 g/mol. The molecule has 1 saturated heterocycles. The number of carboxylic acid groups (broad SMARTS) is 6. The van der Waals surface area contributed by atoms with E-state index in [9.17, 15) is 97.0 Å². The topological polar surface area (TPSA) is 491 Å². The molecule has 4 aromatic carbocycles. The highest BCUT2D eigenvalue weighted by Gasteiger charge is 2.33. The number of carboxylic acids is 6. The number of aliphatic carboxylic acids is 6. The molecule has 2 fully saturated rings. The second-order valence-corrected chi connectivity index (χ2v) is 27.3. The normalized spacial score (nSPS) is 16.9. The number of aryl methyl sites for hydroxylation is 1. The standard InChI is InChI=1S/C74H102FN13O21/c1-109-52-25-21-47(22-26-52)11-10-18-61(89)79-42-63(91)81-57(16-6-8-27-76-64(92)43-85-29-31-86(44-65(93)94)33-35-88(46-67(97)98)36-34-87(32-30-85)45-66(95)96)69(100)80-41-62(90)78-40-48-19-23-49(24-20-48)68(99)82-59(38-55-53-14-4-2-12-50(53)37-51-13-3-5-15-54(51)55)70(101)77-28-9-7-17-58(72(104)105)83-74(108)84-60(73(106)107)39-56(75)71(102)103/h2-5,12-15,21-22,25-26,37,48-49,56-60H,6-11,16-20,23-24,27-36,38-46H2,1H3,(H,76,92)(H,77,101)(H,78,90)(H,79,89)(H,80,100)(H,81,91)(H,82,99)(H,93,94)(H,95,96)(H,97,98)(H,102,103)(H,104,105)(H,106,107)(H2,83,84,108)/t48?,49?,56-,57+,58+,59+,60+/m1/s1. The average Bonchev–Trinajstić information content (AvgIpc) is 0.772. The van der Waals surface area contributed by atoms with Crippen molar-refractivity contribution in [3.63, 3.8) is 0 Å². The van der Waals surface area contributed by atoms with E-state index in [1.165, 1.54) is 0 Å². The molecule has 0 spiro atoms. The van der Waals surface area contributed by atoms with Gasteiger partial charge in [-0.2, -0.15) is 0 Å². The van der Waals surface area contributed by atoms with Crippen molar-refractivity contribution in [1.82, 2.24) is 67.5 Å². The first kappa shape index (κ1) is 87.3. The molecule has 5 atom stereocenters. The number of fused-ring (bicyclic) bond motifs is 2. The number of carbonyl (C=O) groups excluding carboxylic acids is 8. The van der Waals surface area contributed by atoms with Crippen LogP contribution in [0.5, 0.6) is 5.75 Å². The Kier molecular flexibility index (Phi) is 36.7. The number of amides is 9. The van der Waals surface area contributed by atoms with Gasteiger partial charge in [0.2, 0.25) is 41.4 Å². The van der Waals surface area contributed by atoms with Gasteiger partial charge in [0, 0.05) is 97.2 Å². The number of benzene rings is 4. The molecule has 0 radical (unpaired) electrons. The molecule has 0 aromatic heterocycles. The quantitative estimate of drug-likeness (QED) is 0.0215. The lowest BCUT2D eigenvalue weighted by Gasteiger charge is -2.32. The maximum atomic E-state index is 14.3. The van der Waals surface area contributed by atoms with Gasteiger partial charge in [0.15, 0.2) is 6.17 Å². The number of hydrogen-bond donors (Lipinski definition) is 15. The van der Waals surface area contributed by atoms with Gasteiger partial charge < -0.3 is 83.2 Å². The van der Waals surface area contributed by atoms with Crippen molar-refractivity contribution < 1.29 is 107 Å². The van der Waals surface area contributed by atoms with Crippen LogP contribution in [0, 0.1) is 11.8 Å². The number of unbranched alkanes of at least 4 members (excludes halogenated alkanes) is 2. The number of halogens is 1. The Morgan fingerprint density at radius 1 is 0.477 bits per heavy atom. The summed E-state index contributed by atoms with van der Waals surface area (Å²) >= 11 is 0. The Bertz CT molecular complexity index is 3680. The first-order valence-electron chi connectivity index (χ1n) is 36.5. The van der Waals surface area contributed by atoms with Crippen molar-refractivity contribution >= 4 is 105 Å². The molecule has 6 rings (SSSR count). The van der Waals surface area contributed by atoms with Crippen LogP contribution in [0.3, 0.4) is 0 Å². The molecule has 596 valence electrons. The Hall–Kier alpha value is -10.6. The van der Waals surface area contributed by atoms with Crippen molar-refractivity contribution in [3.8, 4) is 5.75 Å². The van der Waals surface area contributed by atoms with Crippen LogP contribution in [-0.2, 0) is 75.2 Å². The van der Waals surface area contributed by atoms with E-state index in [0.717, 1.165) is 32.7 Å². The van der Waals surface area contributed by atoms with Crippen molar-refractivity contribution in [2.24, 2.45) is 11.8 Å². The molecule has 1 aliphatic heterocycles. The van der Waals surface area contributed by atoms with Gasteiger partial charge in [0.1, 0.15) is 29.9 Å². The van der Waals surface area contributed by atoms with Gasteiger partial charge in [-0.25, -0.2) is 23.6 Å².